The summed E-state index contributed by atoms with van der Waals surface area (Å²) in [5, 5.41) is 19.8. The molecule has 0 aromatic carbocycles. The summed E-state index contributed by atoms with van der Waals surface area (Å²) in [4.78, 5) is 37.3. The van der Waals surface area contributed by atoms with Crippen LogP contribution in [0.4, 0.5) is 4.79 Å². The van der Waals surface area contributed by atoms with Crippen molar-refractivity contribution < 1.29 is 28.8 Å². The van der Waals surface area contributed by atoms with Crippen LogP contribution in [0.25, 0.3) is 0 Å². The van der Waals surface area contributed by atoms with E-state index >= 15 is 0 Å². The number of nitrogens with zero attached hydrogens (tertiary/aromatic N) is 2. The summed E-state index contributed by atoms with van der Waals surface area (Å²) in [7, 11) is 0. The van der Waals surface area contributed by atoms with Crippen molar-refractivity contribution in [1.82, 2.24) is 20.7 Å². The molecule has 3 amide bonds. The number of aromatic nitrogens is 1. The Labute approximate surface area is 162 Å². The lowest BCUT2D eigenvalue weighted by Crippen LogP contribution is -2.51. The first-order valence-corrected chi connectivity index (χ1v) is 9.43. The van der Waals surface area contributed by atoms with E-state index in [1.807, 2.05) is 6.92 Å². The molecule has 10 nitrogen and oxygen atoms in total. The second-order valence-electron chi connectivity index (χ2n) is 7.31. The van der Waals surface area contributed by atoms with Crippen LogP contribution < -0.4 is 10.6 Å². The molecule has 1 aliphatic carbocycles. The van der Waals surface area contributed by atoms with Crippen LogP contribution in [0, 0.1) is 19.8 Å². The van der Waals surface area contributed by atoms with E-state index < -0.39 is 18.2 Å². The fourth-order valence-electron chi connectivity index (χ4n) is 3.62. The van der Waals surface area contributed by atoms with E-state index in [-0.39, 0.29) is 37.3 Å². The van der Waals surface area contributed by atoms with Gasteiger partial charge in [0.1, 0.15) is 18.9 Å². The molecular weight excluding hydrogens is 368 g/mol. The minimum atomic E-state index is -0.821. The zero-order valence-corrected chi connectivity index (χ0v) is 16.1. The molecule has 0 radical (unpaired) electrons. The highest BCUT2D eigenvalue weighted by Gasteiger charge is 2.34. The Morgan fingerprint density at radius 2 is 2.11 bits per heavy atom. The van der Waals surface area contributed by atoms with Gasteiger partial charge in [0.2, 0.25) is 11.8 Å². The topological polar surface area (TPSA) is 134 Å². The van der Waals surface area contributed by atoms with Gasteiger partial charge in [-0.25, -0.2) is 4.79 Å². The second-order valence-corrected chi connectivity index (χ2v) is 7.31. The van der Waals surface area contributed by atoms with Gasteiger partial charge >= 0.3 is 6.09 Å². The van der Waals surface area contributed by atoms with Gasteiger partial charge in [-0.15, -0.1) is 0 Å². The molecule has 1 aromatic heterocycles. The number of carbonyl (C=O) groups excluding carboxylic acids is 3. The van der Waals surface area contributed by atoms with Gasteiger partial charge in [0, 0.05) is 18.0 Å². The molecule has 0 spiro atoms. The van der Waals surface area contributed by atoms with Crippen molar-refractivity contribution in [3.63, 3.8) is 0 Å². The number of hydrogen-bond donors (Lipinski definition) is 3. The Kier molecular flexibility index (Phi) is 6.18. The molecule has 1 aromatic rings. The third-order valence-electron chi connectivity index (χ3n) is 5.33. The number of nitrogens with one attached hydrogen (secondary N) is 2. The molecule has 0 unspecified atom stereocenters. The Morgan fingerprint density at radius 1 is 1.32 bits per heavy atom. The number of aliphatic hydroxyl groups is 1. The maximum atomic E-state index is 12.4. The maximum Gasteiger partial charge on any atom is 0.410 e. The molecule has 28 heavy (non-hydrogen) atoms. The average Bonchev–Trinajstić information content (AvgIpc) is 3.20. The molecule has 1 saturated heterocycles. The number of aliphatic hydroxyl groups excluding tert-OH is 1. The Bertz CT molecular complexity index is 729. The highest BCUT2D eigenvalue weighted by Crippen LogP contribution is 2.25. The van der Waals surface area contributed by atoms with Crippen molar-refractivity contribution in [3.8, 4) is 0 Å². The van der Waals surface area contributed by atoms with Gasteiger partial charge in [-0.05, 0) is 33.1 Å². The molecule has 3 N–H and O–H groups in total. The van der Waals surface area contributed by atoms with Crippen molar-refractivity contribution in [1.29, 1.82) is 0 Å². The van der Waals surface area contributed by atoms with E-state index in [0.717, 1.165) is 11.3 Å². The zero-order chi connectivity index (χ0) is 20.3. The number of amides is 3. The molecule has 2 fully saturated rings. The fraction of sp³-hybridized carbons (Fsp3) is 0.667. The molecule has 3 atom stereocenters. The monoisotopic (exact) mass is 394 g/mol. The lowest BCUT2D eigenvalue weighted by Gasteiger charge is -2.33. The standard InChI is InChI=1S/C18H26N4O6/c1-10-13(11(2)28-21-10)8-19-17(25)12-3-4-14(15(23)7-12)20-16(24)9-22-5-6-27-18(22)26/h12,14-15,23H,3-9H2,1-2H3,(H,19,25)(H,20,24)/t12-,14-,15-/m0/s1. The normalized spacial score (nSPS) is 24.8. The van der Waals surface area contributed by atoms with Crippen LogP contribution >= 0.6 is 0 Å². The van der Waals surface area contributed by atoms with Crippen LogP contribution in [-0.4, -0.2) is 64.9 Å². The van der Waals surface area contributed by atoms with Crippen molar-refractivity contribution in [2.45, 2.75) is 51.8 Å². The Balaban J connectivity index is 1.44. The van der Waals surface area contributed by atoms with Crippen LogP contribution in [0.3, 0.4) is 0 Å². The smallest absolute Gasteiger partial charge is 0.410 e. The Hall–Kier alpha value is -2.62. The van der Waals surface area contributed by atoms with Crippen molar-refractivity contribution in [2.24, 2.45) is 5.92 Å². The fourth-order valence-corrected chi connectivity index (χ4v) is 3.62. The molecular formula is C18H26N4O6. The van der Waals surface area contributed by atoms with Gasteiger partial charge in [0.25, 0.3) is 0 Å². The molecule has 1 saturated carbocycles. The van der Waals surface area contributed by atoms with Gasteiger partial charge < -0.3 is 25.0 Å². The van der Waals surface area contributed by atoms with Gasteiger partial charge in [0.15, 0.2) is 0 Å². The highest BCUT2D eigenvalue weighted by molar-refractivity contribution is 5.83. The van der Waals surface area contributed by atoms with Crippen LogP contribution in [0.1, 0.15) is 36.3 Å². The second kappa shape index (κ2) is 8.59. The summed E-state index contributed by atoms with van der Waals surface area (Å²) < 4.78 is 9.87. The van der Waals surface area contributed by atoms with Crippen molar-refractivity contribution in [3.05, 3.63) is 17.0 Å². The molecule has 3 rings (SSSR count). The average molecular weight is 394 g/mol. The maximum absolute atomic E-state index is 12.4. The molecule has 10 heteroatoms. The van der Waals surface area contributed by atoms with Crippen LogP contribution in [-0.2, 0) is 20.9 Å². The lowest BCUT2D eigenvalue weighted by molar-refractivity contribution is -0.128. The molecule has 2 aliphatic rings. The largest absolute Gasteiger partial charge is 0.448 e. The summed E-state index contributed by atoms with van der Waals surface area (Å²) >= 11 is 0. The summed E-state index contributed by atoms with van der Waals surface area (Å²) in [5.74, 6) is -0.129. The van der Waals surface area contributed by atoms with Crippen molar-refractivity contribution in [2.75, 3.05) is 19.7 Å². The summed E-state index contributed by atoms with van der Waals surface area (Å²) in [6.45, 7) is 4.51. The van der Waals surface area contributed by atoms with Gasteiger partial charge in [-0.3, -0.25) is 14.5 Å². The Morgan fingerprint density at radius 3 is 2.71 bits per heavy atom. The SMILES string of the molecule is Cc1noc(C)c1CNC(=O)[C@H]1CC[C@H](NC(=O)CN2CCOC2=O)[C@@H](O)C1. The van der Waals surface area contributed by atoms with E-state index in [1.165, 1.54) is 4.90 Å². The minimum absolute atomic E-state index is 0.0938. The number of cyclic esters (lactones) is 1. The van der Waals surface area contributed by atoms with Crippen LogP contribution in [0.5, 0.6) is 0 Å². The first-order valence-electron chi connectivity index (χ1n) is 9.43. The van der Waals surface area contributed by atoms with Gasteiger partial charge in [-0.1, -0.05) is 5.16 Å². The third kappa shape index (κ3) is 4.61. The number of rotatable bonds is 6. The molecule has 154 valence electrons. The van der Waals surface area contributed by atoms with Crippen LogP contribution in [0.15, 0.2) is 4.52 Å². The van der Waals surface area contributed by atoms with Gasteiger partial charge in [0.05, 0.1) is 24.4 Å². The summed E-state index contributed by atoms with van der Waals surface area (Å²) in [6.07, 6.45) is -0.0149. The van der Waals surface area contributed by atoms with E-state index in [2.05, 4.69) is 15.8 Å². The summed E-state index contributed by atoms with van der Waals surface area (Å²) in [6, 6.07) is -0.433. The molecule has 1 aliphatic heterocycles. The highest BCUT2D eigenvalue weighted by atomic mass is 16.6. The molecule has 2 heterocycles. The molecule has 0 bridgehead atoms. The van der Waals surface area contributed by atoms with Crippen molar-refractivity contribution >= 4 is 17.9 Å². The zero-order valence-electron chi connectivity index (χ0n) is 16.1. The van der Waals surface area contributed by atoms with E-state index in [1.54, 1.807) is 6.92 Å². The predicted octanol–water partition coefficient (Wildman–Crippen LogP) is 0.00564. The minimum Gasteiger partial charge on any atom is -0.448 e. The predicted molar refractivity (Wildman–Crippen MR) is 96.0 cm³/mol. The number of carbonyl (C=O) groups is 3. The number of hydrogen-bond acceptors (Lipinski definition) is 7. The van der Waals surface area contributed by atoms with Crippen LogP contribution in [0.2, 0.25) is 0 Å². The van der Waals surface area contributed by atoms with E-state index in [4.69, 9.17) is 9.26 Å². The number of aryl methyl sites for hydroxylation is 2. The quantitative estimate of drug-likeness (QED) is 0.618. The van der Waals surface area contributed by atoms with E-state index in [9.17, 15) is 19.5 Å². The van der Waals surface area contributed by atoms with E-state index in [0.29, 0.717) is 31.7 Å². The summed E-state index contributed by atoms with van der Waals surface area (Å²) in [5.41, 5.74) is 1.60. The first kappa shape index (κ1) is 20.1. The number of ether oxygens (including phenoxy) is 1. The first-order chi connectivity index (χ1) is 13.3. The van der Waals surface area contributed by atoms with Gasteiger partial charge in [-0.2, -0.15) is 0 Å². The lowest BCUT2D eigenvalue weighted by atomic mass is 9.83. The third-order valence-corrected chi connectivity index (χ3v) is 5.33.